The highest BCUT2D eigenvalue weighted by molar-refractivity contribution is 7.89. The number of hydrogen-bond acceptors (Lipinski definition) is 4. The van der Waals surface area contributed by atoms with E-state index in [4.69, 9.17) is 9.47 Å². The monoisotopic (exact) mass is 365 g/mol. The van der Waals surface area contributed by atoms with Crippen LogP contribution in [-0.2, 0) is 19.5 Å². The Hall–Kier alpha value is -1.21. The molecule has 1 heterocycles. The number of ether oxygens (including phenoxy) is 2. The molecule has 25 heavy (non-hydrogen) atoms. The third-order valence-corrected chi connectivity index (χ3v) is 6.51. The van der Waals surface area contributed by atoms with E-state index in [1.807, 2.05) is 6.92 Å². The first-order chi connectivity index (χ1) is 11.9. The van der Waals surface area contributed by atoms with Gasteiger partial charge in [0.1, 0.15) is 6.10 Å². The molecule has 1 aromatic carbocycles. The van der Waals surface area contributed by atoms with E-state index in [2.05, 4.69) is 11.3 Å². The average Bonchev–Trinajstić information content (AvgIpc) is 2.99. The van der Waals surface area contributed by atoms with E-state index in [0.717, 1.165) is 31.2 Å². The average molecular weight is 365 g/mol. The van der Waals surface area contributed by atoms with Gasteiger partial charge in [0.25, 0.3) is 0 Å². The minimum Gasteiger partial charge on any atom is -0.347 e. The highest BCUT2D eigenvalue weighted by atomic mass is 32.2. The lowest BCUT2D eigenvalue weighted by molar-refractivity contribution is -0.188. The lowest BCUT2D eigenvalue weighted by atomic mass is 9.94. The van der Waals surface area contributed by atoms with Gasteiger partial charge in [-0.05, 0) is 38.3 Å². The van der Waals surface area contributed by atoms with Crippen LogP contribution in [0.5, 0.6) is 0 Å². The van der Waals surface area contributed by atoms with Gasteiger partial charge in [0.15, 0.2) is 5.79 Å². The van der Waals surface area contributed by atoms with Gasteiger partial charge >= 0.3 is 0 Å². The van der Waals surface area contributed by atoms with Gasteiger partial charge in [0.2, 0.25) is 10.0 Å². The number of nitrogens with one attached hydrogen (secondary N) is 1. The molecule has 1 aromatic rings. The Kier molecular flexibility index (Phi) is 5.63. The Morgan fingerprint density at radius 3 is 2.60 bits per heavy atom. The van der Waals surface area contributed by atoms with E-state index in [1.165, 1.54) is 6.42 Å². The Labute approximate surface area is 150 Å². The van der Waals surface area contributed by atoms with Crippen molar-refractivity contribution < 1.29 is 17.9 Å². The Morgan fingerprint density at radius 1 is 1.28 bits per heavy atom. The first kappa shape index (κ1) is 18.6. The first-order valence-corrected chi connectivity index (χ1v) is 10.4. The summed E-state index contributed by atoms with van der Waals surface area (Å²) in [6.45, 7) is 6.10. The molecule has 2 fully saturated rings. The van der Waals surface area contributed by atoms with Gasteiger partial charge in [-0.25, -0.2) is 13.1 Å². The highest BCUT2D eigenvalue weighted by Crippen LogP contribution is 2.38. The predicted molar refractivity (Wildman–Crippen MR) is 96.7 cm³/mol. The molecule has 1 aliphatic carbocycles. The second kappa shape index (κ2) is 7.58. The molecule has 0 aromatic heterocycles. The molecule has 2 aliphatic rings. The topological polar surface area (TPSA) is 64.6 Å². The molecule has 1 aliphatic heterocycles. The molecular weight excluding hydrogens is 338 g/mol. The Bertz CT molecular complexity index is 693. The molecule has 0 bridgehead atoms. The van der Waals surface area contributed by atoms with E-state index in [0.29, 0.717) is 13.0 Å². The smallest absolute Gasteiger partial charge is 0.240 e. The van der Waals surface area contributed by atoms with Crippen LogP contribution in [0.4, 0.5) is 0 Å². The normalized spacial score (nSPS) is 24.3. The minimum atomic E-state index is -3.61. The van der Waals surface area contributed by atoms with Crippen molar-refractivity contribution in [1.82, 2.24) is 4.72 Å². The largest absolute Gasteiger partial charge is 0.347 e. The summed E-state index contributed by atoms with van der Waals surface area (Å²) in [7, 11) is -3.61. The number of sulfonamides is 1. The maximum atomic E-state index is 12.7. The van der Waals surface area contributed by atoms with Crippen molar-refractivity contribution in [2.45, 2.75) is 68.3 Å². The summed E-state index contributed by atoms with van der Waals surface area (Å²) < 4.78 is 40.4. The van der Waals surface area contributed by atoms with Gasteiger partial charge in [-0.2, -0.15) is 0 Å². The van der Waals surface area contributed by atoms with Gasteiger partial charge in [0.05, 0.1) is 17.5 Å². The van der Waals surface area contributed by atoms with Crippen LogP contribution in [0.1, 0.15) is 44.1 Å². The minimum absolute atomic E-state index is 0.262. The van der Waals surface area contributed by atoms with Crippen LogP contribution in [-0.4, -0.2) is 33.0 Å². The van der Waals surface area contributed by atoms with Gasteiger partial charge in [-0.3, -0.25) is 0 Å². The molecule has 0 radical (unpaired) electrons. The van der Waals surface area contributed by atoms with Crippen molar-refractivity contribution >= 4 is 10.0 Å². The predicted octanol–water partition coefficient (Wildman–Crippen LogP) is 3.29. The van der Waals surface area contributed by atoms with Crippen LogP contribution >= 0.6 is 0 Å². The molecular formula is C19H27NO4S. The van der Waals surface area contributed by atoms with Gasteiger partial charge in [0, 0.05) is 12.8 Å². The number of aryl methyl sites for hydroxylation is 1. The zero-order valence-electron chi connectivity index (χ0n) is 14.7. The van der Waals surface area contributed by atoms with Crippen molar-refractivity contribution in [1.29, 1.82) is 0 Å². The Morgan fingerprint density at radius 2 is 1.96 bits per heavy atom. The maximum absolute atomic E-state index is 12.7. The van der Waals surface area contributed by atoms with Crippen LogP contribution in [0.25, 0.3) is 0 Å². The molecule has 1 saturated carbocycles. The lowest BCUT2D eigenvalue weighted by Gasteiger charge is -2.32. The van der Waals surface area contributed by atoms with Crippen LogP contribution in [0.2, 0.25) is 0 Å². The summed E-state index contributed by atoms with van der Waals surface area (Å²) in [6, 6.07) is 6.45. The van der Waals surface area contributed by atoms with Gasteiger partial charge in [-0.1, -0.05) is 30.2 Å². The third-order valence-electron chi connectivity index (χ3n) is 5.00. The first-order valence-electron chi connectivity index (χ1n) is 8.96. The lowest BCUT2D eigenvalue weighted by Crippen LogP contribution is -2.45. The molecule has 5 nitrogen and oxygen atoms in total. The van der Waals surface area contributed by atoms with Crippen molar-refractivity contribution in [2.24, 2.45) is 0 Å². The fourth-order valence-electron chi connectivity index (χ4n) is 3.57. The van der Waals surface area contributed by atoms with E-state index in [1.54, 1.807) is 30.3 Å². The van der Waals surface area contributed by atoms with Crippen LogP contribution in [0.15, 0.2) is 41.8 Å². The quantitative estimate of drug-likeness (QED) is 0.786. The second-order valence-electron chi connectivity index (χ2n) is 7.00. The molecule has 3 rings (SSSR count). The van der Waals surface area contributed by atoms with Gasteiger partial charge in [-0.15, -0.1) is 6.58 Å². The molecule has 1 spiro atoms. The summed E-state index contributed by atoms with van der Waals surface area (Å²) >= 11 is 0. The zero-order valence-corrected chi connectivity index (χ0v) is 15.6. The summed E-state index contributed by atoms with van der Waals surface area (Å²) in [4.78, 5) is 0.262. The number of benzene rings is 1. The molecule has 1 N–H and O–H groups in total. The third kappa shape index (κ3) is 4.31. The Balaban J connectivity index is 1.73. The number of hydrogen-bond donors (Lipinski definition) is 1. The zero-order chi connectivity index (χ0) is 17.9. The van der Waals surface area contributed by atoms with E-state index in [9.17, 15) is 8.42 Å². The SMILES string of the molecule is C=CC[C@@H](NS(=O)(=O)c1ccc(C)cc1)[C@H]1COC2(CCCCC2)O1. The van der Waals surface area contributed by atoms with E-state index >= 15 is 0 Å². The molecule has 6 heteroatoms. The van der Waals surface area contributed by atoms with E-state index in [-0.39, 0.29) is 17.0 Å². The fraction of sp³-hybridized carbons (Fsp3) is 0.579. The summed E-state index contributed by atoms with van der Waals surface area (Å²) in [5.41, 5.74) is 1.02. The molecule has 2 atom stereocenters. The van der Waals surface area contributed by atoms with Gasteiger partial charge < -0.3 is 9.47 Å². The standard InChI is InChI=1S/C19H27NO4S/c1-3-7-17(18-14-23-19(24-18)12-5-4-6-13-19)20-25(21,22)16-10-8-15(2)9-11-16/h3,8-11,17-18,20H,1,4-7,12-14H2,2H3/t17-,18-/m1/s1. The highest BCUT2D eigenvalue weighted by Gasteiger charge is 2.45. The summed E-state index contributed by atoms with van der Waals surface area (Å²) in [6.07, 6.45) is 7.07. The van der Waals surface area contributed by atoms with Crippen molar-refractivity contribution in [3.05, 3.63) is 42.5 Å². The summed E-state index contributed by atoms with van der Waals surface area (Å²) in [5.74, 6) is -0.516. The molecule has 138 valence electrons. The molecule has 0 amide bonds. The van der Waals surface area contributed by atoms with Crippen LogP contribution in [0, 0.1) is 6.92 Å². The fourth-order valence-corrected chi connectivity index (χ4v) is 4.85. The van der Waals surface area contributed by atoms with Crippen molar-refractivity contribution in [3.63, 3.8) is 0 Å². The van der Waals surface area contributed by atoms with Crippen molar-refractivity contribution in [3.8, 4) is 0 Å². The van der Waals surface area contributed by atoms with E-state index < -0.39 is 15.8 Å². The number of rotatable bonds is 6. The summed E-state index contributed by atoms with van der Waals surface area (Å²) in [5, 5.41) is 0. The maximum Gasteiger partial charge on any atom is 0.240 e. The van der Waals surface area contributed by atoms with Crippen LogP contribution in [0.3, 0.4) is 0 Å². The molecule has 0 unspecified atom stereocenters. The second-order valence-corrected chi connectivity index (χ2v) is 8.72. The van der Waals surface area contributed by atoms with Crippen LogP contribution < -0.4 is 4.72 Å². The van der Waals surface area contributed by atoms with Crippen molar-refractivity contribution in [2.75, 3.05) is 6.61 Å². The molecule has 1 saturated heterocycles.